The van der Waals surface area contributed by atoms with E-state index in [1.807, 2.05) is 22.9 Å². The van der Waals surface area contributed by atoms with Gasteiger partial charge in [-0.15, -0.1) is 0 Å². The van der Waals surface area contributed by atoms with Crippen LogP contribution in [0.2, 0.25) is 0 Å². The highest BCUT2D eigenvalue weighted by atomic mass is 16.4. The van der Waals surface area contributed by atoms with E-state index in [1.165, 1.54) is 5.56 Å². The minimum absolute atomic E-state index is 0.773. The number of fused-ring (bicyclic) bond motifs is 1. The van der Waals surface area contributed by atoms with Gasteiger partial charge in [0.1, 0.15) is 5.69 Å². The van der Waals surface area contributed by atoms with E-state index in [0.29, 0.717) is 0 Å². The first-order valence-electron chi connectivity index (χ1n) is 8.12. The second-order valence-corrected chi connectivity index (χ2v) is 5.90. The summed E-state index contributed by atoms with van der Waals surface area (Å²) in [5.74, 6) is 0. The van der Waals surface area contributed by atoms with E-state index in [9.17, 15) is 0 Å². The van der Waals surface area contributed by atoms with Crippen LogP contribution in [0, 0.1) is 0 Å². The summed E-state index contributed by atoms with van der Waals surface area (Å²) >= 11 is 0. The highest BCUT2D eigenvalue weighted by molar-refractivity contribution is 6.04. The molecule has 0 amide bonds. The van der Waals surface area contributed by atoms with E-state index < -0.39 is 0 Å². The number of benzene rings is 1. The molecule has 0 bridgehead atoms. The highest BCUT2D eigenvalue weighted by Gasteiger charge is 2.20. The highest BCUT2D eigenvalue weighted by Crippen LogP contribution is 2.34. The number of aryl methyl sites for hydroxylation is 2. The molecule has 3 aromatic rings. The third kappa shape index (κ3) is 2.38. The van der Waals surface area contributed by atoms with Crippen molar-refractivity contribution in [1.82, 2.24) is 14.8 Å². The van der Waals surface area contributed by atoms with Crippen molar-refractivity contribution in [1.29, 1.82) is 0 Å². The molecule has 0 saturated heterocycles. The topological polar surface area (TPSA) is 63.3 Å². The first kappa shape index (κ1) is 14.6. The first-order chi connectivity index (χ1) is 11.8. The van der Waals surface area contributed by atoms with E-state index in [0.717, 1.165) is 53.0 Å². The molecule has 4 rings (SSSR count). The molecule has 0 radical (unpaired) electrons. The fourth-order valence-corrected chi connectivity index (χ4v) is 3.26. The number of aromatic nitrogens is 3. The molecule has 0 atom stereocenters. The van der Waals surface area contributed by atoms with Crippen molar-refractivity contribution in [3.8, 4) is 22.4 Å². The van der Waals surface area contributed by atoms with Gasteiger partial charge in [-0.3, -0.25) is 9.67 Å². The lowest BCUT2D eigenvalue weighted by atomic mass is 9.98. The van der Waals surface area contributed by atoms with E-state index >= 15 is 0 Å². The van der Waals surface area contributed by atoms with Crippen molar-refractivity contribution in [2.45, 2.75) is 26.3 Å². The van der Waals surface area contributed by atoms with Crippen LogP contribution >= 0.6 is 0 Å². The molecule has 0 fully saturated rings. The number of hydrogen-bond donors (Lipinski definition) is 1. The van der Waals surface area contributed by atoms with Crippen molar-refractivity contribution < 1.29 is 5.21 Å². The summed E-state index contributed by atoms with van der Waals surface area (Å²) in [6.07, 6.45) is 7.37. The molecule has 0 saturated carbocycles. The molecule has 0 unspecified atom stereocenters. The van der Waals surface area contributed by atoms with Crippen LogP contribution in [0.1, 0.15) is 24.5 Å². The minimum atomic E-state index is 0.773. The zero-order valence-corrected chi connectivity index (χ0v) is 13.5. The third-order valence-electron chi connectivity index (χ3n) is 4.52. The summed E-state index contributed by atoms with van der Waals surface area (Å²) in [6, 6.07) is 10.3. The van der Waals surface area contributed by atoms with Crippen molar-refractivity contribution in [3.05, 3.63) is 60.0 Å². The number of pyridine rings is 1. The van der Waals surface area contributed by atoms with Gasteiger partial charge in [-0.2, -0.15) is 5.10 Å². The largest absolute Gasteiger partial charge is 0.411 e. The van der Waals surface area contributed by atoms with Gasteiger partial charge in [0, 0.05) is 41.8 Å². The predicted molar refractivity (Wildman–Crippen MR) is 93.2 cm³/mol. The van der Waals surface area contributed by atoms with E-state index in [-0.39, 0.29) is 0 Å². The molecule has 120 valence electrons. The third-order valence-corrected chi connectivity index (χ3v) is 4.52. The predicted octanol–water partition coefficient (Wildman–Crippen LogP) is 3.76. The fraction of sp³-hybridized carbons (Fsp3) is 0.211. The summed E-state index contributed by atoms with van der Waals surface area (Å²) in [7, 11) is 0. The van der Waals surface area contributed by atoms with Crippen LogP contribution < -0.4 is 0 Å². The van der Waals surface area contributed by atoms with Gasteiger partial charge in [-0.05, 0) is 43.0 Å². The van der Waals surface area contributed by atoms with Crippen molar-refractivity contribution in [2.24, 2.45) is 5.16 Å². The van der Waals surface area contributed by atoms with Crippen LogP contribution in [0.5, 0.6) is 0 Å². The fourth-order valence-electron chi connectivity index (χ4n) is 3.26. The molecule has 1 aliphatic rings. The molecule has 5 heteroatoms. The van der Waals surface area contributed by atoms with Crippen molar-refractivity contribution in [3.63, 3.8) is 0 Å². The van der Waals surface area contributed by atoms with Crippen molar-refractivity contribution >= 4 is 5.71 Å². The second kappa shape index (κ2) is 5.92. The lowest BCUT2D eigenvalue weighted by Gasteiger charge is -2.05. The molecule has 0 spiro atoms. The molecule has 2 aromatic heterocycles. The molecular formula is C19H18N4O. The van der Waals surface area contributed by atoms with Gasteiger partial charge in [0.15, 0.2) is 0 Å². The van der Waals surface area contributed by atoms with Crippen LogP contribution in [0.15, 0.2) is 54.1 Å². The Hall–Kier alpha value is -2.95. The van der Waals surface area contributed by atoms with Gasteiger partial charge in [0.05, 0.1) is 5.71 Å². The summed E-state index contributed by atoms with van der Waals surface area (Å²) < 4.78 is 1.96. The summed E-state index contributed by atoms with van der Waals surface area (Å²) in [6.45, 7) is 2.91. The summed E-state index contributed by atoms with van der Waals surface area (Å²) in [4.78, 5) is 4.09. The maximum absolute atomic E-state index is 9.10. The minimum Gasteiger partial charge on any atom is -0.411 e. The molecule has 1 N–H and O–H groups in total. The van der Waals surface area contributed by atoms with Gasteiger partial charge in [0.25, 0.3) is 0 Å². The van der Waals surface area contributed by atoms with Gasteiger partial charge in [-0.1, -0.05) is 23.4 Å². The molecule has 0 aliphatic heterocycles. The average molecular weight is 318 g/mol. The Balaban J connectivity index is 1.84. The van der Waals surface area contributed by atoms with Crippen LogP contribution in [-0.4, -0.2) is 25.7 Å². The smallest absolute Gasteiger partial charge is 0.100 e. The Labute approximate surface area is 140 Å². The monoisotopic (exact) mass is 318 g/mol. The molecule has 2 heterocycles. The van der Waals surface area contributed by atoms with Gasteiger partial charge in [-0.25, -0.2) is 0 Å². The number of nitrogens with zero attached hydrogens (tertiary/aromatic N) is 4. The Bertz CT molecular complexity index is 912. The molecule has 1 aliphatic carbocycles. The zero-order valence-electron chi connectivity index (χ0n) is 13.5. The molecule has 1 aromatic carbocycles. The molecule has 5 nitrogen and oxygen atoms in total. The summed E-state index contributed by atoms with van der Waals surface area (Å²) in [5, 5.41) is 17.2. The maximum Gasteiger partial charge on any atom is 0.100 e. The Morgan fingerprint density at radius 2 is 1.92 bits per heavy atom. The average Bonchev–Trinajstić information content (AvgIpc) is 3.25. The van der Waals surface area contributed by atoms with Gasteiger partial charge >= 0.3 is 0 Å². The normalized spacial score (nSPS) is 15.0. The first-order valence-corrected chi connectivity index (χ1v) is 8.12. The van der Waals surface area contributed by atoms with Crippen LogP contribution in [0.25, 0.3) is 22.4 Å². The maximum atomic E-state index is 9.10. The Morgan fingerprint density at radius 1 is 1.08 bits per heavy atom. The number of rotatable bonds is 3. The van der Waals surface area contributed by atoms with Gasteiger partial charge < -0.3 is 5.21 Å². The van der Waals surface area contributed by atoms with E-state index in [1.54, 1.807) is 12.4 Å². The van der Waals surface area contributed by atoms with Crippen LogP contribution in [-0.2, 0) is 13.0 Å². The van der Waals surface area contributed by atoms with E-state index in [2.05, 4.69) is 35.4 Å². The molecule has 24 heavy (non-hydrogen) atoms. The van der Waals surface area contributed by atoms with Crippen LogP contribution in [0.4, 0.5) is 0 Å². The number of hydrogen-bond acceptors (Lipinski definition) is 4. The lowest BCUT2D eigenvalue weighted by Crippen LogP contribution is -1.93. The van der Waals surface area contributed by atoms with E-state index in [4.69, 9.17) is 10.3 Å². The summed E-state index contributed by atoms with van der Waals surface area (Å²) in [5.41, 5.74) is 7.33. The standard InChI is InChI=1S/C19H18N4O/c1-2-23-12-17(19(21-23)13-7-9-20-10-8-13)15-3-5-16-14(11-15)4-6-18(16)22-24/h3,5,7-12,24H,2,4,6H2,1H3/b22-18+. The van der Waals surface area contributed by atoms with Crippen molar-refractivity contribution in [2.75, 3.05) is 0 Å². The second-order valence-electron chi connectivity index (χ2n) is 5.90. The lowest BCUT2D eigenvalue weighted by molar-refractivity contribution is 0.318. The van der Waals surface area contributed by atoms with Gasteiger partial charge in [0.2, 0.25) is 0 Å². The molecular weight excluding hydrogens is 300 g/mol. The van der Waals surface area contributed by atoms with Crippen LogP contribution in [0.3, 0.4) is 0 Å². The number of oxime groups is 1. The Kier molecular flexibility index (Phi) is 3.61. The zero-order chi connectivity index (χ0) is 16.5. The SMILES string of the molecule is CCn1cc(-c2ccc3c(c2)CC/C3=N\O)c(-c2ccncc2)n1. The Morgan fingerprint density at radius 3 is 2.67 bits per heavy atom. The quantitative estimate of drug-likeness (QED) is 0.591.